The van der Waals surface area contributed by atoms with E-state index in [2.05, 4.69) is 0 Å². The summed E-state index contributed by atoms with van der Waals surface area (Å²) in [6.07, 6.45) is -5.95. The molecule has 2 aromatic rings. The predicted molar refractivity (Wildman–Crippen MR) is 160 cm³/mol. The third-order valence-corrected chi connectivity index (χ3v) is 6.67. The van der Waals surface area contributed by atoms with Crippen molar-refractivity contribution >= 4 is 29.8 Å². The van der Waals surface area contributed by atoms with Crippen molar-refractivity contribution in [3.05, 3.63) is 58.7 Å². The van der Waals surface area contributed by atoms with Crippen molar-refractivity contribution in [3.8, 4) is 11.5 Å². The first-order valence-corrected chi connectivity index (χ1v) is 14.7. The Morgan fingerprint density at radius 3 is 1.93 bits per heavy atom. The van der Waals surface area contributed by atoms with Gasteiger partial charge in [0.05, 0.1) is 6.61 Å². The molecule has 0 bridgehead atoms. The lowest BCUT2D eigenvalue weighted by Gasteiger charge is -2.43. The minimum absolute atomic E-state index is 0.187. The van der Waals surface area contributed by atoms with E-state index < -0.39 is 60.6 Å². The van der Waals surface area contributed by atoms with Crippen molar-refractivity contribution in [3.63, 3.8) is 0 Å². The van der Waals surface area contributed by atoms with Gasteiger partial charge in [0.1, 0.15) is 24.2 Å². The summed E-state index contributed by atoms with van der Waals surface area (Å²) in [4.78, 5) is 59.5. The number of carbonyl (C=O) groups is 5. The normalized spacial score (nSPS) is 20.5. The third-order valence-electron chi connectivity index (χ3n) is 6.67. The van der Waals surface area contributed by atoms with Crippen LogP contribution in [0, 0.1) is 13.8 Å². The van der Waals surface area contributed by atoms with Gasteiger partial charge < -0.3 is 37.9 Å². The van der Waals surface area contributed by atoms with Gasteiger partial charge in [-0.25, -0.2) is 4.79 Å². The molecule has 3 rings (SSSR count). The van der Waals surface area contributed by atoms with Gasteiger partial charge in [-0.05, 0) is 61.6 Å². The van der Waals surface area contributed by atoms with E-state index in [4.69, 9.17) is 37.9 Å². The maximum absolute atomic E-state index is 12.1. The van der Waals surface area contributed by atoms with E-state index in [1.165, 1.54) is 6.92 Å². The number of benzene rings is 2. The second-order valence-electron chi connectivity index (χ2n) is 10.7. The van der Waals surface area contributed by atoms with Gasteiger partial charge in [0, 0.05) is 27.7 Å². The smallest absolute Gasteiger partial charge is 0.344 e. The van der Waals surface area contributed by atoms with E-state index in [1.807, 2.05) is 32.0 Å². The minimum atomic E-state index is -1.35. The fourth-order valence-electron chi connectivity index (χ4n) is 5.09. The Bertz CT molecular complexity index is 1400. The lowest BCUT2D eigenvalue weighted by molar-refractivity contribution is -0.288. The van der Waals surface area contributed by atoms with E-state index in [-0.39, 0.29) is 19.8 Å². The summed E-state index contributed by atoms with van der Waals surface area (Å²) in [5, 5.41) is 0. The Morgan fingerprint density at radius 1 is 0.739 bits per heavy atom. The predicted octanol–water partition coefficient (Wildman–Crippen LogP) is 3.30. The van der Waals surface area contributed by atoms with Crippen LogP contribution < -0.4 is 9.47 Å². The average Bonchev–Trinajstić information content (AvgIpc) is 2.94. The van der Waals surface area contributed by atoms with Crippen LogP contribution in [0.2, 0.25) is 0 Å². The average molecular weight is 645 g/mol. The van der Waals surface area contributed by atoms with Crippen molar-refractivity contribution in [1.29, 1.82) is 0 Å². The molecule has 13 nitrogen and oxygen atoms in total. The van der Waals surface area contributed by atoms with Gasteiger partial charge in [0.25, 0.3) is 0 Å². The zero-order valence-electron chi connectivity index (χ0n) is 27.0. The largest absolute Gasteiger partial charge is 0.481 e. The maximum Gasteiger partial charge on any atom is 0.344 e. The highest BCUT2D eigenvalue weighted by molar-refractivity contribution is 5.71. The number of rotatable bonds is 13. The Balaban J connectivity index is 1.87. The molecule has 0 amide bonds. The highest BCUT2D eigenvalue weighted by Gasteiger charge is 2.53. The Kier molecular flexibility index (Phi) is 12.9. The van der Waals surface area contributed by atoms with Gasteiger partial charge in [0.15, 0.2) is 18.8 Å². The number of carbonyl (C=O) groups excluding carboxylic acids is 5. The monoisotopic (exact) mass is 644 g/mol. The van der Waals surface area contributed by atoms with Crippen LogP contribution in [0.3, 0.4) is 0 Å². The lowest BCUT2D eigenvalue weighted by atomic mass is 9.98. The Labute approximate surface area is 267 Å². The minimum Gasteiger partial charge on any atom is -0.481 e. The molecule has 0 aliphatic carbocycles. The van der Waals surface area contributed by atoms with E-state index in [1.54, 1.807) is 25.1 Å². The molecule has 2 aromatic carbocycles. The first-order valence-electron chi connectivity index (χ1n) is 14.7. The first kappa shape index (κ1) is 35.8. The molecule has 1 saturated heterocycles. The van der Waals surface area contributed by atoms with Gasteiger partial charge in [-0.1, -0.05) is 24.3 Å². The molecule has 250 valence electrons. The molecule has 1 fully saturated rings. The molecule has 0 radical (unpaired) electrons. The van der Waals surface area contributed by atoms with Gasteiger partial charge >= 0.3 is 29.8 Å². The number of esters is 5. The third kappa shape index (κ3) is 10.5. The molecule has 0 N–H and O–H groups in total. The standard InChI is InChI=1S/C33H40O13/c1-8-39-28(38)17-41-29-18(2)12-25(13-19(29)3)14-24-10-9-11-26(15-24)45-33-32(44-23(7)37)31(43-22(6)36)30(42-21(5)35)27(46-33)16-40-20(4)34/h9-13,15,27,30-33H,8,14,16-17H2,1-7H3/t27-,30-,31+,32+,33+/m1/s1. The Morgan fingerprint density at radius 2 is 1.35 bits per heavy atom. The van der Waals surface area contributed by atoms with Gasteiger partial charge in [-0.3, -0.25) is 19.2 Å². The second kappa shape index (κ2) is 16.6. The molecule has 1 aliphatic rings. The zero-order valence-corrected chi connectivity index (χ0v) is 27.0. The van der Waals surface area contributed by atoms with Crippen molar-refractivity contribution < 1.29 is 61.9 Å². The van der Waals surface area contributed by atoms with Gasteiger partial charge in [0.2, 0.25) is 12.4 Å². The fourth-order valence-corrected chi connectivity index (χ4v) is 5.09. The number of ether oxygens (including phenoxy) is 8. The molecule has 13 heteroatoms. The molecule has 46 heavy (non-hydrogen) atoms. The van der Waals surface area contributed by atoms with Crippen LogP contribution in [-0.2, 0) is 58.8 Å². The molecule has 5 atom stereocenters. The zero-order chi connectivity index (χ0) is 34.0. The molecule has 1 heterocycles. The fraction of sp³-hybridized carbons (Fsp3) is 0.485. The summed E-state index contributed by atoms with van der Waals surface area (Å²) in [7, 11) is 0. The lowest BCUT2D eigenvalue weighted by Crippen LogP contribution is -2.63. The van der Waals surface area contributed by atoms with Crippen molar-refractivity contribution in [2.75, 3.05) is 19.8 Å². The summed E-state index contributed by atoms with van der Waals surface area (Å²) < 4.78 is 44.3. The maximum atomic E-state index is 12.1. The SMILES string of the molecule is CCOC(=O)COc1c(C)cc(Cc2cccc(O[C@H]3O[C@H](COC(C)=O)[C@@H](OC(C)=O)[C@H](OC(C)=O)[C@@H]3OC(C)=O)c2)cc1C. The summed E-state index contributed by atoms with van der Waals surface area (Å²) in [5.41, 5.74) is 3.54. The van der Waals surface area contributed by atoms with Crippen LogP contribution in [0.1, 0.15) is 56.9 Å². The summed E-state index contributed by atoms with van der Waals surface area (Å²) in [5.74, 6) is -2.32. The van der Waals surface area contributed by atoms with Crippen LogP contribution in [0.25, 0.3) is 0 Å². The Hall–Kier alpha value is -4.65. The molecule has 0 saturated carbocycles. The molecule has 0 spiro atoms. The van der Waals surface area contributed by atoms with E-state index in [0.717, 1.165) is 43.0 Å². The quantitative estimate of drug-likeness (QED) is 0.231. The highest BCUT2D eigenvalue weighted by atomic mass is 16.7. The number of hydrogen-bond acceptors (Lipinski definition) is 13. The van der Waals surface area contributed by atoms with E-state index in [0.29, 0.717) is 17.9 Å². The van der Waals surface area contributed by atoms with Gasteiger partial charge in [-0.2, -0.15) is 0 Å². The summed E-state index contributed by atoms with van der Waals surface area (Å²) in [6.45, 7) is 9.88. The van der Waals surface area contributed by atoms with Crippen LogP contribution in [0.4, 0.5) is 0 Å². The molecular weight excluding hydrogens is 604 g/mol. The molecule has 0 unspecified atom stereocenters. The van der Waals surface area contributed by atoms with Crippen molar-refractivity contribution in [2.24, 2.45) is 0 Å². The first-order chi connectivity index (χ1) is 21.8. The van der Waals surface area contributed by atoms with Crippen LogP contribution in [0.5, 0.6) is 11.5 Å². The van der Waals surface area contributed by atoms with E-state index in [9.17, 15) is 24.0 Å². The van der Waals surface area contributed by atoms with Crippen LogP contribution in [-0.4, -0.2) is 80.4 Å². The van der Waals surface area contributed by atoms with Crippen molar-refractivity contribution in [1.82, 2.24) is 0 Å². The van der Waals surface area contributed by atoms with Crippen LogP contribution >= 0.6 is 0 Å². The highest BCUT2D eigenvalue weighted by Crippen LogP contribution is 2.32. The second-order valence-corrected chi connectivity index (χ2v) is 10.7. The van der Waals surface area contributed by atoms with Gasteiger partial charge in [-0.15, -0.1) is 0 Å². The molecular formula is C33H40O13. The summed E-state index contributed by atoms with van der Waals surface area (Å²) in [6, 6.07) is 11.0. The number of hydrogen-bond donors (Lipinski definition) is 0. The molecule has 1 aliphatic heterocycles. The number of aryl methyl sites for hydroxylation is 2. The topological polar surface area (TPSA) is 159 Å². The molecule has 0 aromatic heterocycles. The summed E-state index contributed by atoms with van der Waals surface area (Å²) >= 11 is 0. The van der Waals surface area contributed by atoms with Crippen LogP contribution in [0.15, 0.2) is 36.4 Å². The van der Waals surface area contributed by atoms with E-state index >= 15 is 0 Å². The van der Waals surface area contributed by atoms with Crippen molar-refractivity contribution in [2.45, 2.75) is 85.6 Å².